The van der Waals surface area contributed by atoms with Crippen LogP contribution in [0, 0.1) is 0 Å². The number of hydrogen-bond acceptors (Lipinski definition) is 3. The Morgan fingerprint density at radius 3 is 2.62 bits per heavy atom. The van der Waals surface area contributed by atoms with Gasteiger partial charge in [0.05, 0.1) is 6.61 Å². The van der Waals surface area contributed by atoms with Crippen molar-refractivity contribution in [2.45, 2.75) is 6.42 Å². The first-order chi connectivity index (χ1) is 3.80. The zero-order valence-electron chi connectivity index (χ0n) is 4.05. The second-order valence-corrected chi connectivity index (χ2v) is 2.32. The third-order valence-corrected chi connectivity index (χ3v) is 1.51. The van der Waals surface area contributed by atoms with Crippen molar-refractivity contribution in [2.24, 2.45) is 0 Å². The van der Waals surface area contributed by atoms with E-state index in [0.717, 1.165) is 0 Å². The van der Waals surface area contributed by atoms with Crippen LogP contribution >= 0.6 is 0 Å². The quantitative estimate of drug-likeness (QED) is 0.429. The highest BCUT2D eigenvalue weighted by Gasteiger charge is 2.07. The summed E-state index contributed by atoms with van der Waals surface area (Å²) in [6, 6.07) is 0. The first kappa shape index (κ1) is 5.74. The average molecular weight is 135 g/mol. The van der Waals surface area contributed by atoms with E-state index in [-0.39, 0.29) is 4.99 Å². The summed E-state index contributed by atoms with van der Waals surface area (Å²) in [7, 11) is -2.11. The van der Waals surface area contributed by atoms with Gasteiger partial charge in [0.2, 0.25) is 10.3 Å². The molecular weight excluding hydrogens is 130 g/mol. The van der Waals surface area contributed by atoms with E-state index in [0.29, 0.717) is 13.0 Å². The molecule has 1 N–H and O–H groups in total. The van der Waals surface area contributed by atoms with Crippen LogP contribution in [0.3, 0.4) is 0 Å². The van der Waals surface area contributed by atoms with Crippen molar-refractivity contribution in [2.75, 3.05) is 6.61 Å². The van der Waals surface area contributed by atoms with Crippen LogP contribution in [0.25, 0.3) is 0 Å². The van der Waals surface area contributed by atoms with Crippen LogP contribution < -0.4 is 5.48 Å². The molecule has 0 aromatic carbocycles. The normalized spacial score (nSPS) is 19.2. The number of nitrogens with one attached hydrogen (secondary N) is 1. The zero-order chi connectivity index (χ0) is 5.98. The highest BCUT2D eigenvalue weighted by atomic mass is 32.2. The van der Waals surface area contributed by atoms with Gasteiger partial charge in [-0.15, -0.1) is 0 Å². The molecule has 0 atom stereocenters. The van der Waals surface area contributed by atoms with Crippen molar-refractivity contribution in [3.8, 4) is 0 Å². The minimum Gasteiger partial charge on any atom is -0.296 e. The molecule has 0 unspecified atom stereocenters. The van der Waals surface area contributed by atoms with Gasteiger partial charge in [-0.25, -0.2) is 0 Å². The fraction of sp³-hybridized carbons (Fsp3) is 0.667. The lowest BCUT2D eigenvalue weighted by atomic mass is 10.5. The minimum absolute atomic E-state index is 0.241. The lowest BCUT2D eigenvalue weighted by Crippen LogP contribution is -2.12. The SMILES string of the molecule is O=S(=O)=C1CCON1. The van der Waals surface area contributed by atoms with Gasteiger partial charge < -0.3 is 0 Å². The highest BCUT2D eigenvalue weighted by molar-refractivity contribution is 7.72. The first-order valence-corrected chi connectivity index (χ1v) is 3.21. The molecule has 1 fully saturated rings. The fourth-order valence-corrected chi connectivity index (χ4v) is 0.821. The Balaban J connectivity index is 2.88. The molecule has 0 spiro atoms. The van der Waals surface area contributed by atoms with Gasteiger partial charge in [-0.3, -0.25) is 4.84 Å². The van der Waals surface area contributed by atoms with Crippen molar-refractivity contribution >= 4 is 15.3 Å². The molecule has 46 valence electrons. The third-order valence-electron chi connectivity index (χ3n) is 0.818. The zero-order valence-corrected chi connectivity index (χ0v) is 4.86. The summed E-state index contributed by atoms with van der Waals surface area (Å²) in [4.78, 5) is 4.78. The molecule has 0 radical (unpaired) electrons. The third kappa shape index (κ3) is 1.06. The molecule has 1 saturated heterocycles. The average Bonchev–Trinajstić information content (AvgIpc) is 2.12. The van der Waals surface area contributed by atoms with Crippen molar-refractivity contribution in [1.29, 1.82) is 0 Å². The van der Waals surface area contributed by atoms with Gasteiger partial charge in [-0.2, -0.15) is 13.9 Å². The van der Waals surface area contributed by atoms with E-state index in [4.69, 9.17) is 0 Å². The molecular formula is C3H5NO3S. The molecule has 0 bridgehead atoms. The maximum atomic E-state index is 10.0. The number of hydrogen-bond donors (Lipinski definition) is 1. The van der Waals surface area contributed by atoms with Gasteiger partial charge in [0, 0.05) is 6.42 Å². The molecule has 5 heteroatoms. The van der Waals surface area contributed by atoms with E-state index >= 15 is 0 Å². The van der Waals surface area contributed by atoms with Gasteiger partial charge in [0.1, 0.15) is 4.99 Å². The van der Waals surface area contributed by atoms with Crippen LogP contribution in [0.2, 0.25) is 0 Å². The van der Waals surface area contributed by atoms with Crippen LogP contribution in [0.4, 0.5) is 0 Å². The topological polar surface area (TPSA) is 55.4 Å². The van der Waals surface area contributed by atoms with Crippen LogP contribution in [0.5, 0.6) is 0 Å². The van der Waals surface area contributed by atoms with E-state index in [2.05, 4.69) is 10.3 Å². The molecule has 1 heterocycles. The van der Waals surface area contributed by atoms with Crippen LogP contribution in [-0.4, -0.2) is 20.0 Å². The Labute approximate surface area is 47.9 Å². The second kappa shape index (κ2) is 2.25. The van der Waals surface area contributed by atoms with Gasteiger partial charge in [-0.05, 0) is 0 Å². The Kier molecular flexibility index (Phi) is 1.62. The lowest BCUT2D eigenvalue weighted by molar-refractivity contribution is 0.122. The summed E-state index contributed by atoms with van der Waals surface area (Å²) >= 11 is 0. The monoisotopic (exact) mass is 135 g/mol. The van der Waals surface area contributed by atoms with Gasteiger partial charge in [0.15, 0.2) is 0 Å². The maximum absolute atomic E-state index is 10.0. The summed E-state index contributed by atoms with van der Waals surface area (Å²) in [6.07, 6.45) is 0.468. The van der Waals surface area contributed by atoms with E-state index < -0.39 is 10.3 Å². The number of rotatable bonds is 0. The van der Waals surface area contributed by atoms with Crippen molar-refractivity contribution in [1.82, 2.24) is 5.48 Å². The molecule has 0 aliphatic carbocycles. The first-order valence-electron chi connectivity index (χ1n) is 2.13. The summed E-state index contributed by atoms with van der Waals surface area (Å²) in [5.41, 5.74) is 2.26. The maximum Gasteiger partial charge on any atom is 0.230 e. The standard InChI is InChI=1S/C3H5NO3S/c5-8(6)3-1-2-7-4-3/h4H,1-2H2. The summed E-state index contributed by atoms with van der Waals surface area (Å²) in [6.45, 7) is 0.448. The Bertz CT molecular complexity index is 189. The predicted molar refractivity (Wildman–Crippen MR) is 27.6 cm³/mol. The molecule has 0 saturated carbocycles. The molecule has 1 rings (SSSR count). The lowest BCUT2D eigenvalue weighted by Gasteiger charge is -1.81. The summed E-state index contributed by atoms with van der Waals surface area (Å²) < 4.78 is 20.0. The largest absolute Gasteiger partial charge is 0.296 e. The smallest absolute Gasteiger partial charge is 0.230 e. The molecule has 1 aliphatic rings. The van der Waals surface area contributed by atoms with E-state index in [1.165, 1.54) is 0 Å². The number of hydroxylamine groups is 1. The Hall–Kier alpha value is -0.390. The van der Waals surface area contributed by atoms with E-state index in [1.54, 1.807) is 0 Å². The Morgan fingerprint density at radius 2 is 2.38 bits per heavy atom. The predicted octanol–water partition coefficient (Wildman–Crippen LogP) is -1.08. The van der Waals surface area contributed by atoms with Crippen LogP contribution in [0.1, 0.15) is 6.42 Å². The summed E-state index contributed by atoms with van der Waals surface area (Å²) in [5, 5.41) is 0. The second-order valence-electron chi connectivity index (χ2n) is 1.36. The van der Waals surface area contributed by atoms with Crippen molar-refractivity contribution in [3.05, 3.63) is 0 Å². The highest BCUT2D eigenvalue weighted by Crippen LogP contribution is 1.89. The molecule has 0 aromatic rings. The molecule has 0 amide bonds. The molecule has 8 heavy (non-hydrogen) atoms. The Morgan fingerprint density at radius 1 is 1.62 bits per heavy atom. The van der Waals surface area contributed by atoms with Crippen molar-refractivity contribution < 1.29 is 13.3 Å². The van der Waals surface area contributed by atoms with E-state index in [1.807, 2.05) is 0 Å². The van der Waals surface area contributed by atoms with E-state index in [9.17, 15) is 8.42 Å². The van der Waals surface area contributed by atoms with Crippen LogP contribution in [-0.2, 0) is 15.1 Å². The molecule has 0 aromatic heterocycles. The molecule has 1 aliphatic heterocycles. The minimum atomic E-state index is -2.11. The van der Waals surface area contributed by atoms with Crippen LogP contribution in [0.15, 0.2) is 0 Å². The van der Waals surface area contributed by atoms with Crippen molar-refractivity contribution in [3.63, 3.8) is 0 Å². The summed E-state index contributed by atoms with van der Waals surface area (Å²) in [5.74, 6) is 0. The molecule has 4 nitrogen and oxygen atoms in total. The fourth-order valence-electron chi connectivity index (χ4n) is 0.444. The van der Waals surface area contributed by atoms with Gasteiger partial charge >= 0.3 is 0 Å². The van der Waals surface area contributed by atoms with Gasteiger partial charge in [0.25, 0.3) is 0 Å². The van der Waals surface area contributed by atoms with Gasteiger partial charge in [-0.1, -0.05) is 0 Å².